The number of hydrogen-bond acceptors (Lipinski definition) is 15. The lowest BCUT2D eigenvalue weighted by atomic mass is 9.99. The summed E-state index contributed by atoms with van der Waals surface area (Å²) >= 11 is 0. The molecule has 0 spiro atoms. The van der Waals surface area contributed by atoms with Gasteiger partial charge in [0.2, 0.25) is 0 Å². The molecule has 0 aliphatic rings. The Bertz CT molecular complexity index is 1930. The van der Waals surface area contributed by atoms with Crippen LogP contribution in [0, 0.1) is 17.8 Å². The minimum atomic E-state index is -4.96. The van der Waals surface area contributed by atoms with E-state index in [4.69, 9.17) is 37.0 Å². The van der Waals surface area contributed by atoms with E-state index in [0.717, 1.165) is 108 Å². The van der Waals surface area contributed by atoms with Gasteiger partial charge in [-0.25, -0.2) is 9.13 Å². The predicted molar refractivity (Wildman–Crippen MR) is 405 cm³/mol. The van der Waals surface area contributed by atoms with Crippen LogP contribution in [0.2, 0.25) is 0 Å². The molecule has 0 aromatic carbocycles. The van der Waals surface area contributed by atoms with Crippen LogP contribution in [0.15, 0.2) is 0 Å². The normalized spacial score (nSPS) is 14.5. The van der Waals surface area contributed by atoms with E-state index >= 15 is 0 Å². The molecule has 0 rings (SSSR count). The van der Waals surface area contributed by atoms with Gasteiger partial charge in [-0.3, -0.25) is 37.3 Å². The molecule has 17 nitrogen and oxygen atoms in total. The van der Waals surface area contributed by atoms with Crippen LogP contribution >= 0.6 is 15.6 Å². The third-order valence-electron chi connectivity index (χ3n) is 19.4. The van der Waals surface area contributed by atoms with E-state index in [1.807, 2.05) is 0 Å². The number of hydrogen-bond donors (Lipinski definition) is 3. The van der Waals surface area contributed by atoms with Gasteiger partial charge >= 0.3 is 39.5 Å². The van der Waals surface area contributed by atoms with Crippen molar-refractivity contribution in [3.63, 3.8) is 0 Å². The maximum absolute atomic E-state index is 13.1. The fourth-order valence-corrected chi connectivity index (χ4v) is 13.8. The highest BCUT2D eigenvalue weighted by molar-refractivity contribution is 7.47. The minimum absolute atomic E-state index is 0.105. The van der Waals surface area contributed by atoms with Crippen molar-refractivity contribution < 1.29 is 80.2 Å². The van der Waals surface area contributed by atoms with Crippen molar-refractivity contribution in [2.24, 2.45) is 17.8 Å². The zero-order chi connectivity index (χ0) is 73.0. The summed E-state index contributed by atoms with van der Waals surface area (Å²) in [5.74, 6) is 0.264. The fourth-order valence-electron chi connectivity index (χ4n) is 12.2. The van der Waals surface area contributed by atoms with Crippen molar-refractivity contribution in [2.75, 3.05) is 39.6 Å². The van der Waals surface area contributed by atoms with Crippen LogP contribution in [-0.4, -0.2) is 96.7 Å². The van der Waals surface area contributed by atoms with Gasteiger partial charge in [-0.15, -0.1) is 0 Å². The second kappa shape index (κ2) is 70.4. The first-order valence-electron chi connectivity index (χ1n) is 41.4. The van der Waals surface area contributed by atoms with Gasteiger partial charge in [-0.1, -0.05) is 363 Å². The molecule has 0 radical (unpaired) electrons. The molecule has 7 atom stereocenters. The second-order valence-corrected chi connectivity index (χ2v) is 32.7. The molecule has 0 aliphatic heterocycles. The smallest absolute Gasteiger partial charge is 0.462 e. The van der Waals surface area contributed by atoms with Crippen LogP contribution < -0.4 is 0 Å². The molecule has 99 heavy (non-hydrogen) atoms. The third-order valence-corrected chi connectivity index (χ3v) is 21.3. The summed E-state index contributed by atoms with van der Waals surface area (Å²) in [7, 11) is -9.92. The number of ether oxygens (including phenoxy) is 4. The Morgan fingerprint density at radius 1 is 0.293 bits per heavy atom. The topological polar surface area (TPSA) is 237 Å². The molecular weight excluding hydrogens is 1290 g/mol. The highest BCUT2D eigenvalue weighted by Gasteiger charge is 2.30. The molecule has 0 aromatic rings. The van der Waals surface area contributed by atoms with Gasteiger partial charge in [-0.2, -0.15) is 0 Å². The molecular formula is C80H156O17P2. The number of rotatable bonds is 78. The average molecular weight is 1450 g/mol. The van der Waals surface area contributed by atoms with Gasteiger partial charge in [0.1, 0.15) is 19.3 Å². The number of unbranched alkanes of at least 4 members (excludes halogenated alkanes) is 44. The monoisotopic (exact) mass is 1450 g/mol. The first-order valence-corrected chi connectivity index (χ1v) is 44.4. The van der Waals surface area contributed by atoms with E-state index in [9.17, 15) is 43.2 Å². The maximum atomic E-state index is 13.1. The van der Waals surface area contributed by atoms with Crippen LogP contribution in [-0.2, 0) is 65.4 Å². The Balaban J connectivity index is 5.27. The fraction of sp³-hybridized carbons (Fsp3) is 0.950. The van der Waals surface area contributed by atoms with E-state index in [1.165, 1.54) is 225 Å². The van der Waals surface area contributed by atoms with Gasteiger partial charge in [0, 0.05) is 25.7 Å². The number of aliphatic hydroxyl groups is 1. The minimum Gasteiger partial charge on any atom is -0.462 e. The van der Waals surface area contributed by atoms with Gasteiger partial charge in [0.05, 0.1) is 26.4 Å². The van der Waals surface area contributed by atoms with Crippen LogP contribution in [0.4, 0.5) is 0 Å². The highest BCUT2D eigenvalue weighted by Crippen LogP contribution is 2.45. The molecule has 4 unspecified atom stereocenters. The number of phosphoric ester groups is 2. The van der Waals surface area contributed by atoms with E-state index in [0.29, 0.717) is 25.7 Å². The standard InChI is InChI=1S/C80H156O17P2/c1-8-11-12-13-14-15-16-17-18-19-23-26-32-40-47-54-61-77(82)90-67-75(96-79(84)63-56-49-42-33-27-24-21-20-22-25-31-38-45-52-59-72(6)9-2)69-94-98(86,87)92-65-74(81)66-93-99(88,89)95-70-76(68-91-78(83)62-55-48-41-36-35-39-46-53-60-73(7)10-3)97-80(85)64-57-50-43-34-29-28-30-37-44-51-58-71(4)5/h71-76,81H,8-70H2,1-7H3,(H,86,87)(H,88,89)/t72?,73?,74-,75-,76-/m1/s1. The molecule has 0 aliphatic carbocycles. The Kier molecular flexibility index (Phi) is 69.0. The molecule has 19 heteroatoms. The summed E-state index contributed by atoms with van der Waals surface area (Å²) in [5, 5.41) is 10.6. The number of phosphoric acid groups is 2. The van der Waals surface area contributed by atoms with Crippen molar-refractivity contribution >= 4 is 39.5 Å². The molecule has 3 N–H and O–H groups in total. The Hall–Kier alpha value is -1.94. The quantitative estimate of drug-likeness (QED) is 0.0222. The molecule has 0 saturated heterocycles. The zero-order valence-corrected chi connectivity index (χ0v) is 66.8. The van der Waals surface area contributed by atoms with Crippen molar-refractivity contribution in [1.29, 1.82) is 0 Å². The van der Waals surface area contributed by atoms with E-state index in [1.54, 1.807) is 0 Å². The molecule has 0 bridgehead atoms. The van der Waals surface area contributed by atoms with Gasteiger partial charge in [-0.05, 0) is 43.4 Å². The summed E-state index contributed by atoms with van der Waals surface area (Å²) < 4.78 is 68.7. The number of carbonyl (C=O) groups is 4. The lowest BCUT2D eigenvalue weighted by molar-refractivity contribution is -0.161. The SMILES string of the molecule is CCCCCCCCCCCCCCCCCCC(=O)OC[C@H](COP(=O)(O)OC[C@@H](O)COP(=O)(O)OC[C@@H](COC(=O)CCCCCCCCCCC(C)CC)OC(=O)CCCCCCCCCCCCC(C)C)OC(=O)CCCCCCCCCCCCCCCCC(C)CC. The van der Waals surface area contributed by atoms with E-state index in [2.05, 4.69) is 48.5 Å². The average Bonchev–Trinajstić information content (AvgIpc) is 1.18. The Labute approximate surface area is 607 Å². The first-order chi connectivity index (χ1) is 47.8. The number of carbonyl (C=O) groups excluding carboxylic acids is 4. The summed E-state index contributed by atoms with van der Waals surface area (Å²) in [6.45, 7) is 12.0. The molecule has 0 heterocycles. The first kappa shape index (κ1) is 97.1. The van der Waals surface area contributed by atoms with Crippen LogP contribution in [0.5, 0.6) is 0 Å². The second-order valence-electron chi connectivity index (χ2n) is 29.8. The molecule has 0 fully saturated rings. The Morgan fingerprint density at radius 3 is 0.768 bits per heavy atom. The van der Waals surface area contributed by atoms with Crippen molar-refractivity contribution in [1.82, 2.24) is 0 Å². The number of aliphatic hydroxyl groups excluding tert-OH is 1. The molecule has 0 saturated carbocycles. The Morgan fingerprint density at radius 2 is 0.515 bits per heavy atom. The maximum Gasteiger partial charge on any atom is 0.472 e. The largest absolute Gasteiger partial charge is 0.472 e. The van der Waals surface area contributed by atoms with Crippen LogP contribution in [0.1, 0.15) is 414 Å². The van der Waals surface area contributed by atoms with Crippen molar-refractivity contribution in [3.8, 4) is 0 Å². The van der Waals surface area contributed by atoms with Gasteiger partial charge in [0.15, 0.2) is 12.2 Å². The summed E-state index contributed by atoms with van der Waals surface area (Å²) in [6, 6.07) is 0. The van der Waals surface area contributed by atoms with Crippen molar-refractivity contribution in [2.45, 2.75) is 433 Å². The van der Waals surface area contributed by atoms with Gasteiger partial charge in [0.25, 0.3) is 0 Å². The summed E-state index contributed by atoms with van der Waals surface area (Å²) in [6.07, 6.45) is 58.1. The van der Waals surface area contributed by atoms with Crippen LogP contribution in [0.25, 0.3) is 0 Å². The molecule has 588 valence electrons. The lowest BCUT2D eigenvalue weighted by Gasteiger charge is -2.21. The predicted octanol–water partition coefficient (Wildman–Crippen LogP) is 23.7. The van der Waals surface area contributed by atoms with Gasteiger partial charge < -0.3 is 33.8 Å². The van der Waals surface area contributed by atoms with E-state index in [-0.39, 0.29) is 25.7 Å². The highest BCUT2D eigenvalue weighted by atomic mass is 31.2. The third kappa shape index (κ3) is 71.5. The van der Waals surface area contributed by atoms with Crippen molar-refractivity contribution in [3.05, 3.63) is 0 Å². The van der Waals surface area contributed by atoms with Crippen LogP contribution in [0.3, 0.4) is 0 Å². The molecule has 0 aromatic heterocycles. The summed E-state index contributed by atoms with van der Waals surface area (Å²) in [4.78, 5) is 73.0. The molecule has 0 amide bonds. The number of esters is 4. The zero-order valence-electron chi connectivity index (χ0n) is 65.0. The lowest BCUT2D eigenvalue weighted by Crippen LogP contribution is -2.30. The summed E-state index contributed by atoms with van der Waals surface area (Å²) in [5.41, 5.74) is 0. The van der Waals surface area contributed by atoms with E-state index < -0.39 is 97.5 Å².